The van der Waals surface area contributed by atoms with E-state index in [1.54, 1.807) is 37.6 Å². The van der Waals surface area contributed by atoms with Gasteiger partial charge >= 0.3 is 0 Å². The Balaban J connectivity index is 1.64. The molecule has 0 aliphatic carbocycles. The number of rotatable bonds is 8. The van der Waals surface area contributed by atoms with E-state index in [1.807, 2.05) is 30.3 Å². The number of amides is 1. The fourth-order valence-electron chi connectivity index (χ4n) is 2.59. The highest BCUT2D eigenvalue weighted by Crippen LogP contribution is 2.28. The summed E-state index contributed by atoms with van der Waals surface area (Å²) in [5, 5.41) is 6.89. The topological polar surface area (TPSA) is 93.1 Å². The third-order valence-electron chi connectivity index (χ3n) is 4.00. The van der Waals surface area contributed by atoms with Crippen LogP contribution in [-0.2, 0) is 14.8 Å². The van der Waals surface area contributed by atoms with Gasteiger partial charge in [-0.15, -0.1) is 5.10 Å². The molecular weight excluding hydrogens is 473 g/mol. The summed E-state index contributed by atoms with van der Waals surface area (Å²) in [6.45, 7) is 5.29. The van der Waals surface area contributed by atoms with E-state index in [4.69, 9.17) is 12.2 Å². The Morgan fingerprint density at radius 1 is 1.10 bits per heavy atom. The van der Waals surface area contributed by atoms with Crippen molar-refractivity contribution >= 4 is 56.9 Å². The molecule has 0 saturated heterocycles. The van der Waals surface area contributed by atoms with Crippen LogP contribution in [0.25, 0.3) is 5.69 Å². The fraction of sp³-hybridized carbons (Fsp3) is 0.250. The molecule has 0 aliphatic heterocycles. The van der Waals surface area contributed by atoms with E-state index in [-0.39, 0.29) is 16.8 Å². The van der Waals surface area contributed by atoms with Gasteiger partial charge in [0.1, 0.15) is 0 Å². The molecular formula is C20H22N4O3S4. The zero-order chi connectivity index (χ0) is 22.6. The lowest BCUT2D eigenvalue weighted by Crippen LogP contribution is -2.30. The van der Waals surface area contributed by atoms with Crippen LogP contribution in [0.1, 0.15) is 20.8 Å². The molecule has 0 aliphatic rings. The summed E-state index contributed by atoms with van der Waals surface area (Å²) in [6.07, 6.45) is 0. The smallest absolute Gasteiger partial charge is 0.240 e. The van der Waals surface area contributed by atoms with Gasteiger partial charge in [0, 0.05) is 11.7 Å². The number of hydrogen-bond donors (Lipinski definition) is 2. The van der Waals surface area contributed by atoms with Crippen molar-refractivity contribution in [3.63, 3.8) is 0 Å². The minimum atomic E-state index is -3.57. The zero-order valence-corrected chi connectivity index (χ0v) is 20.4. The number of para-hydroxylation sites is 1. The number of hydrogen-bond acceptors (Lipinski definition) is 7. The van der Waals surface area contributed by atoms with E-state index < -0.39 is 15.3 Å². The SMILES string of the molecule is CC(C)NS(=O)(=O)c1ccc(NC(=O)[C@H](C)Sc2nn(-c3ccccc3)c(=S)s2)cc1. The van der Waals surface area contributed by atoms with E-state index >= 15 is 0 Å². The van der Waals surface area contributed by atoms with E-state index in [0.717, 1.165) is 5.69 Å². The second-order valence-corrected chi connectivity index (χ2v) is 11.9. The molecule has 3 aromatic rings. The molecule has 0 bridgehead atoms. The number of aromatic nitrogens is 2. The monoisotopic (exact) mass is 494 g/mol. The lowest BCUT2D eigenvalue weighted by Gasteiger charge is -2.12. The van der Waals surface area contributed by atoms with E-state index in [0.29, 0.717) is 14.0 Å². The first-order chi connectivity index (χ1) is 14.7. The molecule has 0 saturated carbocycles. The molecule has 0 unspecified atom stereocenters. The van der Waals surface area contributed by atoms with Gasteiger partial charge in [0.15, 0.2) is 8.29 Å². The lowest BCUT2D eigenvalue weighted by atomic mass is 10.3. The minimum absolute atomic E-state index is 0.146. The van der Waals surface area contributed by atoms with Crippen LogP contribution in [0.15, 0.2) is 63.8 Å². The van der Waals surface area contributed by atoms with E-state index in [1.165, 1.54) is 35.2 Å². The Labute approximate surface area is 194 Å². The average Bonchev–Trinajstić information content (AvgIpc) is 3.08. The molecule has 0 fully saturated rings. The second kappa shape index (κ2) is 10.0. The molecule has 1 heterocycles. The summed E-state index contributed by atoms with van der Waals surface area (Å²) in [4.78, 5) is 12.7. The first-order valence-electron chi connectivity index (χ1n) is 9.41. The number of carbonyl (C=O) groups excluding carboxylic acids is 1. The number of carbonyl (C=O) groups is 1. The van der Waals surface area contributed by atoms with Gasteiger partial charge in [-0.2, -0.15) is 0 Å². The quantitative estimate of drug-likeness (QED) is 0.355. The van der Waals surface area contributed by atoms with Crippen LogP contribution in [0.2, 0.25) is 0 Å². The van der Waals surface area contributed by atoms with Gasteiger partial charge in [-0.05, 0) is 69.4 Å². The molecule has 1 atom stereocenters. The van der Waals surface area contributed by atoms with Gasteiger partial charge in [-0.3, -0.25) is 4.79 Å². The van der Waals surface area contributed by atoms with Crippen LogP contribution >= 0.6 is 35.3 Å². The molecule has 1 amide bonds. The molecule has 2 N–H and O–H groups in total. The summed E-state index contributed by atoms with van der Waals surface area (Å²) in [6, 6.07) is 15.4. The van der Waals surface area contributed by atoms with Gasteiger partial charge in [-0.1, -0.05) is 41.3 Å². The summed E-state index contributed by atoms with van der Waals surface area (Å²) < 4.78 is 29.9. The van der Waals surface area contributed by atoms with Crippen LogP contribution in [0.3, 0.4) is 0 Å². The van der Waals surface area contributed by atoms with Crippen molar-refractivity contribution < 1.29 is 13.2 Å². The molecule has 3 rings (SSSR count). The average molecular weight is 495 g/mol. The van der Waals surface area contributed by atoms with Crippen molar-refractivity contribution in [3.8, 4) is 5.69 Å². The van der Waals surface area contributed by atoms with Gasteiger partial charge in [0.25, 0.3) is 0 Å². The predicted molar refractivity (Wildman–Crippen MR) is 128 cm³/mol. The predicted octanol–water partition coefficient (Wildman–Crippen LogP) is 4.47. The number of nitrogens with zero attached hydrogens (tertiary/aromatic N) is 2. The third kappa shape index (κ3) is 6.23. The molecule has 2 aromatic carbocycles. The summed E-state index contributed by atoms with van der Waals surface area (Å²) in [5.41, 5.74) is 1.39. The third-order valence-corrected chi connectivity index (χ3v) is 8.09. The number of anilines is 1. The van der Waals surface area contributed by atoms with E-state index in [2.05, 4.69) is 15.1 Å². The molecule has 31 heavy (non-hydrogen) atoms. The van der Waals surface area contributed by atoms with Crippen molar-refractivity contribution in [2.45, 2.75) is 41.3 Å². The number of sulfonamides is 1. The Kier molecular flexibility index (Phi) is 7.65. The van der Waals surface area contributed by atoms with Crippen LogP contribution in [0, 0.1) is 3.95 Å². The van der Waals surface area contributed by atoms with Crippen molar-refractivity contribution in [2.75, 3.05) is 5.32 Å². The highest BCUT2D eigenvalue weighted by Gasteiger charge is 2.19. The number of thioether (sulfide) groups is 1. The van der Waals surface area contributed by atoms with Crippen molar-refractivity contribution in [2.24, 2.45) is 0 Å². The van der Waals surface area contributed by atoms with Gasteiger partial charge in [-0.25, -0.2) is 17.8 Å². The highest BCUT2D eigenvalue weighted by atomic mass is 32.2. The molecule has 0 spiro atoms. The van der Waals surface area contributed by atoms with Gasteiger partial charge in [0.05, 0.1) is 15.8 Å². The molecule has 0 radical (unpaired) electrons. The van der Waals surface area contributed by atoms with Crippen molar-refractivity contribution in [1.82, 2.24) is 14.5 Å². The second-order valence-electron chi connectivity index (χ2n) is 6.93. The standard InChI is InChI=1S/C20H22N4O3S4/c1-13(2)23-31(26,27)17-11-9-15(10-12-17)21-18(25)14(3)29-19-22-24(20(28)30-19)16-7-5-4-6-8-16/h4-14,23H,1-3H3,(H,21,25)/t14-/m0/s1. The molecule has 11 heteroatoms. The number of nitrogens with one attached hydrogen (secondary N) is 2. The molecule has 7 nitrogen and oxygen atoms in total. The first kappa shape index (κ1) is 23.6. The fourth-order valence-corrected chi connectivity index (χ4v) is 6.34. The Bertz CT molecular complexity index is 1200. The van der Waals surface area contributed by atoms with Gasteiger partial charge < -0.3 is 5.32 Å². The Hall–Kier alpha value is -2.05. The van der Waals surface area contributed by atoms with Gasteiger partial charge in [0.2, 0.25) is 15.9 Å². The Morgan fingerprint density at radius 2 is 1.74 bits per heavy atom. The highest BCUT2D eigenvalue weighted by molar-refractivity contribution is 8.02. The maximum atomic E-state index is 12.6. The summed E-state index contributed by atoms with van der Waals surface area (Å²) in [5.74, 6) is -0.215. The van der Waals surface area contributed by atoms with Crippen molar-refractivity contribution in [1.29, 1.82) is 0 Å². The van der Waals surface area contributed by atoms with E-state index in [9.17, 15) is 13.2 Å². The summed E-state index contributed by atoms with van der Waals surface area (Å²) >= 11 is 8.06. The van der Waals surface area contributed by atoms with Crippen molar-refractivity contribution in [3.05, 3.63) is 58.6 Å². The molecule has 1 aromatic heterocycles. The van der Waals surface area contributed by atoms with Crippen LogP contribution in [0.5, 0.6) is 0 Å². The van der Waals surface area contributed by atoms with Crippen LogP contribution in [0.4, 0.5) is 5.69 Å². The zero-order valence-electron chi connectivity index (χ0n) is 17.1. The first-order valence-corrected chi connectivity index (χ1v) is 13.0. The lowest BCUT2D eigenvalue weighted by molar-refractivity contribution is -0.115. The maximum absolute atomic E-state index is 12.6. The maximum Gasteiger partial charge on any atom is 0.240 e. The number of benzene rings is 2. The normalized spacial score (nSPS) is 12.6. The largest absolute Gasteiger partial charge is 0.325 e. The van der Waals surface area contributed by atoms with Crippen LogP contribution in [-0.4, -0.2) is 35.4 Å². The van der Waals surface area contributed by atoms with Crippen LogP contribution < -0.4 is 10.0 Å². The Morgan fingerprint density at radius 3 is 2.35 bits per heavy atom. The summed E-state index contributed by atoms with van der Waals surface area (Å²) in [7, 11) is -3.57. The minimum Gasteiger partial charge on any atom is -0.325 e. The molecule has 164 valence electrons.